The largest absolute Gasteiger partial charge is 0.499 e. The summed E-state index contributed by atoms with van der Waals surface area (Å²) in [6.07, 6.45) is 0. The van der Waals surface area contributed by atoms with Crippen LogP contribution in [0.2, 0.25) is 0 Å². The van der Waals surface area contributed by atoms with E-state index in [1.54, 1.807) is 12.1 Å². The third-order valence-corrected chi connectivity index (χ3v) is 3.65. The topological polar surface area (TPSA) is 40.6 Å². The molecule has 4 nitrogen and oxygen atoms in total. The highest BCUT2D eigenvalue weighted by Gasteiger charge is 2.52. The maximum Gasteiger partial charge on any atom is 0.499 e. The minimum atomic E-state index is -0.742. The van der Waals surface area contributed by atoms with Crippen molar-refractivity contribution < 1.29 is 18.4 Å². The maximum atomic E-state index is 14.0. The van der Waals surface area contributed by atoms with E-state index in [-0.39, 0.29) is 5.88 Å². The van der Waals surface area contributed by atoms with E-state index in [2.05, 4.69) is 4.98 Å². The third-order valence-electron chi connectivity index (χ3n) is 3.65. The smallest absolute Gasteiger partial charge is 0.478 e. The molecule has 0 aliphatic carbocycles. The van der Waals surface area contributed by atoms with E-state index < -0.39 is 24.3 Å². The van der Waals surface area contributed by atoms with Crippen molar-refractivity contribution in [2.24, 2.45) is 0 Å². The Morgan fingerprint density at radius 1 is 1.21 bits per heavy atom. The van der Waals surface area contributed by atoms with E-state index in [0.717, 1.165) is 0 Å². The molecule has 1 saturated heterocycles. The second kappa shape index (κ2) is 4.76. The molecule has 1 aliphatic rings. The van der Waals surface area contributed by atoms with Gasteiger partial charge in [-0.25, -0.2) is 0 Å². The molecule has 19 heavy (non-hydrogen) atoms. The summed E-state index contributed by atoms with van der Waals surface area (Å²) < 4.78 is 30.7. The second-order valence-corrected chi connectivity index (χ2v) is 5.55. The lowest BCUT2D eigenvalue weighted by atomic mass is 9.80. The van der Waals surface area contributed by atoms with Gasteiger partial charge in [-0.2, -0.15) is 9.37 Å². The fourth-order valence-corrected chi connectivity index (χ4v) is 1.80. The van der Waals surface area contributed by atoms with Crippen molar-refractivity contribution in [2.45, 2.75) is 45.8 Å². The zero-order valence-corrected chi connectivity index (χ0v) is 12.0. The van der Waals surface area contributed by atoms with Crippen molar-refractivity contribution in [3.63, 3.8) is 0 Å². The van der Waals surface area contributed by atoms with Gasteiger partial charge in [-0.05, 0) is 34.6 Å². The predicted octanol–water partition coefficient (Wildman–Crippen LogP) is 1.92. The highest BCUT2D eigenvalue weighted by molar-refractivity contribution is 6.62. The molecular formula is C13H19BFNO3. The molecule has 1 fully saturated rings. The summed E-state index contributed by atoms with van der Waals surface area (Å²) >= 11 is 0. The van der Waals surface area contributed by atoms with Gasteiger partial charge in [0.15, 0.2) is 0 Å². The Morgan fingerprint density at radius 3 is 2.26 bits per heavy atom. The maximum absolute atomic E-state index is 14.0. The first kappa shape index (κ1) is 14.3. The Bertz CT molecular complexity index is 463. The summed E-state index contributed by atoms with van der Waals surface area (Å²) in [5.74, 6) is -0.357. The van der Waals surface area contributed by atoms with Gasteiger partial charge in [0.25, 0.3) is 0 Å². The van der Waals surface area contributed by atoms with Gasteiger partial charge in [-0.15, -0.1) is 0 Å². The van der Waals surface area contributed by atoms with E-state index in [4.69, 9.17) is 14.0 Å². The lowest BCUT2D eigenvalue weighted by molar-refractivity contribution is 0.00578. The lowest BCUT2D eigenvalue weighted by Crippen LogP contribution is -2.41. The van der Waals surface area contributed by atoms with Crippen LogP contribution in [0.3, 0.4) is 0 Å². The lowest BCUT2D eigenvalue weighted by Gasteiger charge is -2.32. The van der Waals surface area contributed by atoms with Crippen molar-refractivity contribution in [1.82, 2.24) is 4.98 Å². The summed E-state index contributed by atoms with van der Waals surface area (Å²) in [6.45, 7) is 9.96. The number of ether oxygens (including phenoxy) is 1. The van der Waals surface area contributed by atoms with Crippen molar-refractivity contribution in [2.75, 3.05) is 6.61 Å². The standard InChI is InChI=1S/C13H19BFNO3/c1-6-17-10-8-7-9(11(15)16-10)14-18-12(2,3)13(4,5)19-14/h7-8H,6H2,1-5H3. The molecule has 6 heteroatoms. The molecule has 0 radical (unpaired) electrons. The van der Waals surface area contributed by atoms with Gasteiger partial charge in [0.1, 0.15) is 0 Å². The van der Waals surface area contributed by atoms with Crippen molar-refractivity contribution >= 4 is 12.6 Å². The first-order chi connectivity index (χ1) is 8.77. The van der Waals surface area contributed by atoms with Gasteiger partial charge >= 0.3 is 7.12 Å². The number of halogens is 1. The number of nitrogens with zero attached hydrogens (tertiary/aromatic N) is 1. The number of hydrogen-bond acceptors (Lipinski definition) is 4. The average molecular weight is 267 g/mol. The van der Waals surface area contributed by atoms with Crippen LogP contribution < -0.4 is 10.2 Å². The predicted molar refractivity (Wildman–Crippen MR) is 71.1 cm³/mol. The molecule has 0 saturated carbocycles. The molecule has 0 unspecified atom stereocenters. The van der Waals surface area contributed by atoms with Crippen LogP contribution in [-0.2, 0) is 9.31 Å². The van der Waals surface area contributed by atoms with E-state index in [9.17, 15) is 4.39 Å². The van der Waals surface area contributed by atoms with Gasteiger partial charge < -0.3 is 14.0 Å². The fraction of sp³-hybridized carbons (Fsp3) is 0.615. The molecular weight excluding hydrogens is 248 g/mol. The normalized spacial score (nSPS) is 20.6. The summed E-state index contributed by atoms with van der Waals surface area (Å²) in [5.41, 5.74) is -0.701. The van der Waals surface area contributed by atoms with Crippen LogP contribution in [0, 0.1) is 5.95 Å². The molecule has 1 aromatic heterocycles. The number of hydrogen-bond donors (Lipinski definition) is 0. The first-order valence-electron chi connectivity index (χ1n) is 6.42. The minimum absolute atomic E-state index is 0.264. The Kier molecular flexibility index (Phi) is 3.58. The monoisotopic (exact) mass is 267 g/mol. The Morgan fingerprint density at radius 2 is 1.79 bits per heavy atom. The molecule has 2 heterocycles. The molecule has 104 valence electrons. The van der Waals surface area contributed by atoms with E-state index >= 15 is 0 Å². The van der Waals surface area contributed by atoms with Crippen LogP contribution in [0.4, 0.5) is 4.39 Å². The van der Waals surface area contributed by atoms with Crippen molar-refractivity contribution in [3.8, 4) is 5.88 Å². The molecule has 1 aliphatic heterocycles. The minimum Gasteiger partial charge on any atom is -0.478 e. The zero-order chi connectivity index (χ0) is 14.3. The van der Waals surface area contributed by atoms with Crippen LogP contribution in [0.15, 0.2) is 12.1 Å². The molecule has 0 N–H and O–H groups in total. The molecule has 0 spiro atoms. The van der Waals surface area contributed by atoms with Gasteiger partial charge in [-0.1, -0.05) is 6.07 Å². The fourth-order valence-electron chi connectivity index (χ4n) is 1.80. The van der Waals surface area contributed by atoms with Crippen LogP contribution in [0.1, 0.15) is 34.6 Å². The van der Waals surface area contributed by atoms with Crippen LogP contribution in [0.5, 0.6) is 5.88 Å². The third kappa shape index (κ3) is 2.60. The van der Waals surface area contributed by atoms with Crippen LogP contribution in [0.25, 0.3) is 0 Å². The molecule has 0 aromatic carbocycles. The summed E-state index contributed by atoms with van der Waals surface area (Å²) in [6, 6.07) is 3.21. The Hall–Kier alpha value is -1.14. The molecule has 2 rings (SSSR count). The zero-order valence-electron chi connectivity index (χ0n) is 12.0. The second-order valence-electron chi connectivity index (χ2n) is 5.55. The molecule has 1 aromatic rings. The quantitative estimate of drug-likeness (QED) is 0.619. The number of pyridine rings is 1. The van der Waals surface area contributed by atoms with Gasteiger partial charge in [0, 0.05) is 11.5 Å². The van der Waals surface area contributed by atoms with E-state index in [1.165, 1.54) is 0 Å². The highest BCUT2D eigenvalue weighted by Crippen LogP contribution is 2.36. The van der Waals surface area contributed by atoms with Crippen LogP contribution >= 0.6 is 0 Å². The molecule has 0 atom stereocenters. The number of aromatic nitrogens is 1. The summed E-state index contributed by atoms with van der Waals surface area (Å²) in [7, 11) is -0.742. The van der Waals surface area contributed by atoms with Crippen LogP contribution in [-0.4, -0.2) is 29.9 Å². The van der Waals surface area contributed by atoms with Gasteiger partial charge in [0.2, 0.25) is 11.8 Å². The highest BCUT2D eigenvalue weighted by atomic mass is 19.1. The van der Waals surface area contributed by atoms with Gasteiger partial charge in [0.05, 0.1) is 17.8 Å². The number of rotatable bonds is 3. The van der Waals surface area contributed by atoms with E-state index in [1.807, 2.05) is 34.6 Å². The molecule has 0 amide bonds. The first-order valence-corrected chi connectivity index (χ1v) is 6.42. The Balaban J connectivity index is 2.25. The molecule has 0 bridgehead atoms. The Labute approximate surface area is 113 Å². The van der Waals surface area contributed by atoms with E-state index in [0.29, 0.717) is 12.1 Å². The van der Waals surface area contributed by atoms with Gasteiger partial charge in [-0.3, -0.25) is 0 Å². The SMILES string of the molecule is CCOc1ccc(B2OC(C)(C)C(C)(C)O2)c(F)n1. The average Bonchev–Trinajstić information content (AvgIpc) is 2.48. The summed E-state index contributed by atoms with van der Waals surface area (Å²) in [5, 5.41) is 0. The summed E-state index contributed by atoms with van der Waals surface area (Å²) in [4.78, 5) is 3.75. The van der Waals surface area contributed by atoms with Crippen molar-refractivity contribution in [3.05, 3.63) is 18.1 Å². The van der Waals surface area contributed by atoms with Crippen molar-refractivity contribution in [1.29, 1.82) is 0 Å².